The van der Waals surface area contributed by atoms with Crippen molar-refractivity contribution >= 4 is 23.0 Å². The lowest BCUT2D eigenvalue weighted by atomic mass is 10.1. The number of rotatable bonds is 10. The van der Waals surface area contributed by atoms with Gasteiger partial charge in [-0.15, -0.1) is 0 Å². The fourth-order valence-corrected chi connectivity index (χ4v) is 4.00. The van der Waals surface area contributed by atoms with Crippen LogP contribution in [-0.4, -0.2) is 45.6 Å². The Balaban J connectivity index is 1.97. The SMILES string of the molecule is COc1ccc(CN(Cc2ccc(OC)c(OC)c2OC)C(=S)Nc2cc(C)ccc2OC)cc1. The molecule has 0 heterocycles. The second kappa shape index (κ2) is 12.2. The van der Waals surface area contributed by atoms with E-state index in [0.29, 0.717) is 41.2 Å². The van der Waals surface area contributed by atoms with Crippen LogP contribution in [-0.2, 0) is 13.1 Å². The van der Waals surface area contributed by atoms with Crippen LogP contribution >= 0.6 is 12.2 Å². The Bertz CT molecular complexity index is 1150. The van der Waals surface area contributed by atoms with Crippen LogP contribution in [0.15, 0.2) is 54.6 Å². The molecule has 0 aromatic heterocycles. The summed E-state index contributed by atoms with van der Waals surface area (Å²) in [7, 11) is 8.10. The highest BCUT2D eigenvalue weighted by atomic mass is 32.1. The van der Waals surface area contributed by atoms with E-state index < -0.39 is 0 Å². The minimum Gasteiger partial charge on any atom is -0.497 e. The van der Waals surface area contributed by atoms with Gasteiger partial charge in [0.05, 0.1) is 41.2 Å². The zero-order valence-electron chi connectivity index (χ0n) is 21.0. The molecule has 0 radical (unpaired) electrons. The third-order valence-electron chi connectivity index (χ3n) is 5.56. The number of hydrogen-bond acceptors (Lipinski definition) is 6. The van der Waals surface area contributed by atoms with Gasteiger partial charge < -0.3 is 33.9 Å². The molecule has 3 aromatic carbocycles. The molecule has 3 aromatic rings. The zero-order chi connectivity index (χ0) is 25.4. The van der Waals surface area contributed by atoms with Crippen LogP contribution in [0.4, 0.5) is 5.69 Å². The number of benzene rings is 3. The maximum atomic E-state index is 5.88. The van der Waals surface area contributed by atoms with Crippen LogP contribution in [0.3, 0.4) is 0 Å². The number of hydrogen-bond donors (Lipinski definition) is 1. The van der Waals surface area contributed by atoms with Crippen molar-refractivity contribution in [2.24, 2.45) is 0 Å². The van der Waals surface area contributed by atoms with E-state index in [-0.39, 0.29) is 0 Å². The highest BCUT2D eigenvalue weighted by Gasteiger charge is 2.20. The number of anilines is 1. The number of thiocarbonyl (C=S) groups is 1. The van der Waals surface area contributed by atoms with Gasteiger partial charge in [0.2, 0.25) is 5.75 Å². The van der Waals surface area contributed by atoms with Gasteiger partial charge in [-0.25, -0.2) is 0 Å². The van der Waals surface area contributed by atoms with E-state index in [1.165, 1.54) is 0 Å². The van der Waals surface area contributed by atoms with E-state index >= 15 is 0 Å². The summed E-state index contributed by atoms with van der Waals surface area (Å²) in [6.07, 6.45) is 0. The molecule has 0 amide bonds. The van der Waals surface area contributed by atoms with Crippen LogP contribution in [0.25, 0.3) is 0 Å². The monoisotopic (exact) mass is 496 g/mol. The predicted octanol–water partition coefficient (Wildman–Crippen LogP) is 5.44. The normalized spacial score (nSPS) is 10.3. The molecular formula is C27H32N2O5S. The van der Waals surface area contributed by atoms with Gasteiger partial charge in [0.1, 0.15) is 11.5 Å². The fourth-order valence-electron chi connectivity index (χ4n) is 3.76. The van der Waals surface area contributed by atoms with Crippen molar-refractivity contribution in [3.8, 4) is 28.7 Å². The lowest BCUT2D eigenvalue weighted by molar-refractivity contribution is 0.316. The molecule has 0 unspecified atom stereocenters. The molecule has 0 saturated carbocycles. The summed E-state index contributed by atoms with van der Waals surface area (Å²) in [5, 5.41) is 3.91. The highest BCUT2D eigenvalue weighted by Crippen LogP contribution is 2.40. The summed E-state index contributed by atoms with van der Waals surface area (Å²) in [5.74, 6) is 3.25. The Morgan fingerprint density at radius 1 is 0.743 bits per heavy atom. The van der Waals surface area contributed by atoms with Gasteiger partial charge in [0.25, 0.3) is 0 Å². The molecule has 7 nitrogen and oxygen atoms in total. The molecule has 0 fully saturated rings. The van der Waals surface area contributed by atoms with Gasteiger partial charge in [-0.05, 0) is 66.7 Å². The summed E-state index contributed by atoms with van der Waals surface area (Å²) in [6.45, 7) is 3.05. The quantitative estimate of drug-likeness (QED) is 0.373. The second-order valence-corrected chi connectivity index (χ2v) is 8.22. The number of aryl methyl sites for hydroxylation is 1. The Labute approximate surface area is 212 Å². The largest absolute Gasteiger partial charge is 0.497 e. The molecule has 0 aliphatic heterocycles. The van der Waals surface area contributed by atoms with Gasteiger partial charge in [0, 0.05) is 18.7 Å². The minimum atomic E-state index is 0.468. The Morgan fingerprint density at radius 3 is 2.00 bits per heavy atom. The average molecular weight is 497 g/mol. The topological polar surface area (TPSA) is 61.4 Å². The van der Waals surface area contributed by atoms with Crippen LogP contribution in [0.5, 0.6) is 28.7 Å². The average Bonchev–Trinajstić information content (AvgIpc) is 2.88. The number of nitrogens with one attached hydrogen (secondary N) is 1. The lowest BCUT2D eigenvalue weighted by Gasteiger charge is -2.28. The first-order chi connectivity index (χ1) is 16.9. The molecule has 0 aliphatic carbocycles. The molecule has 3 rings (SSSR count). The molecule has 1 N–H and O–H groups in total. The number of nitrogens with zero attached hydrogens (tertiary/aromatic N) is 1. The summed E-state index contributed by atoms with van der Waals surface area (Å²) in [5.41, 5.74) is 3.88. The van der Waals surface area contributed by atoms with Crippen molar-refractivity contribution in [3.63, 3.8) is 0 Å². The molecule has 0 spiro atoms. The molecule has 0 saturated heterocycles. The minimum absolute atomic E-state index is 0.468. The number of methoxy groups -OCH3 is 5. The Hall–Kier alpha value is -3.65. The van der Waals surface area contributed by atoms with E-state index in [4.69, 9.17) is 35.9 Å². The third kappa shape index (κ3) is 6.27. The van der Waals surface area contributed by atoms with E-state index in [9.17, 15) is 0 Å². The van der Waals surface area contributed by atoms with Gasteiger partial charge in [0.15, 0.2) is 16.6 Å². The highest BCUT2D eigenvalue weighted by molar-refractivity contribution is 7.80. The molecule has 186 valence electrons. The van der Waals surface area contributed by atoms with Crippen molar-refractivity contribution in [1.29, 1.82) is 0 Å². The Morgan fingerprint density at radius 2 is 1.40 bits per heavy atom. The fraction of sp³-hybridized carbons (Fsp3) is 0.296. The standard InChI is InChI=1S/C27H32N2O5S/c1-18-7-13-23(31-3)22(15-18)28-27(35)29(16-19-8-11-21(30-2)12-9-19)17-20-10-14-24(32-4)26(34-6)25(20)33-5/h7-15H,16-17H2,1-6H3,(H,28,35). The zero-order valence-corrected chi connectivity index (χ0v) is 21.8. The van der Waals surface area contributed by atoms with Crippen molar-refractivity contribution < 1.29 is 23.7 Å². The predicted molar refractivity (Wildman–Crippen MR) is 142 cm³/mol. The summed E-state index contributed by atoms with van der Waals surface area (Å²) >= 11 is 5.88. The van der Waals surface area contributed by atoms with Gasteiger partial charge in [-0.2, -0.15) is 0 Å². The van der Waals surface area contributed by atoms with Crippen molar-refractivity contribution in [2.75, 3.05) is 40.9 Å². The summed E-state index contributed by atoms with van der Waals surface area (Å²) in [4.78, 5) is 2.06. The van der Waals surface area contributed by atoms with Crippen LogP contribution in [0.1, 0.15) is 16.7 Å². The summed E-state index contributed by atoms with van der Waals surface area (Å²) in [6, 6.07) is 17.7. The van der Waals surface area contributed by atoms with Crippen LogP contribution in [0, 0.1) is 6.92 Å². The first kappa shape index (κ1) is 26.0. The van der Waals surface area contributed by atoms with Crippen molar-refractivity contribution in [1.82, 2.24) is 4.90 Å². The van der Waals surface area contributed by atoms with E-state index in [1.54, 1.807) is 35.5 Å². The molecule has 8 heteroatoms. The van der Waals surface area contributed by atoms with Crippen molar-refractivity contribution in [3.05, 3.63) is 71.3 Å². The second-order valence-electron chi connectivity index (χ2n) is 7.83. The van der Waals surface area contributed by atoms with Crippen LogP contribution in [0.2, 0.25) is 0 Å². The molecule has 0 bridgehead atoms. The van der Waals surface area contributed by atoms with E-state index in [0.717, 1.165) is 28.1 Å². The maximum Gasteiger partial charge on any atom is 0.203 e. The molecule has 0 aliphatic rings. The van der Waals surface area contributed by atoms with E-state index in [1.807, 2.05) is 61.5 Å². The molecular weight excluding hydrogens is 464 g/mol. The van der Waals surface area contributed by atoms with Gasteiger partial charge in [-0.1, -0.05) is 18.2 Å². The summed E-state index contributed by atoms with van der Waals surface area (Å²) < 4.78 is 27.6. The van der Waals surface area contributed by atoms with Crippen LogP contribution < -0.4 is 29.0 Å². The lowest BCUT2D eigenvalue weighted by Crippen LogP contribution is -2.34. The molecule has 35 heavy (non-hydrogen) atoms. The van der Waals surface area contributed by atoms with Crippen molar-refractivity contribution in [2.45, 2.75) is 20.0 Å². The Kier molecular flexibility index (Phi) is 9.03. The molecule has 0 atom stereocenters. The number of ether oxygens (including phenoxy) is 5. The first-order valence-corrected chi connectivity index (χ1v) is 11.5. The smallest absolute Gasteiger partial charge is 0.203 e. The third-order valence-corrected chi connectivity index (χ3v) is 5.92. The van der Waals surface area contributed by atoms with E-state index in [2.05, 4.69) is 10.2 Å². The maximum absolute atomic E-state index is 5.88. The van der Waals surface area contributed by atoms with Gasteiger partial charge in [-0.3, -0.25) is 0 Å². The first-order valence-electron chi connectivity index (χ1n) is 11.0. The van der Waals surface area contributed by atoms with Gasteiger partial charge >= 0.3 is 0 Å².